The Balaban J connectivity index is 1.89. The van der Waals surface area contributed by atoms with Crippen LogP contribution in [-0.2, 0) is 28.4 Å². The second-order valence-electron chi connectivity index (χ2n) is 6.33. The standard InChI is InChI=1S/C15H24N2O8S/c1-14(20-4)15(2,21-5)25-10-8-11(22-7(6-18)9(10)24-14)26-13(17-8)23-12(19)16-3/h7-11,18H,6H2,1-5H3,(H,16,19)/t7-,8-,9-,10-,11-,14+,15+/m1/s1. The Morgan fingerprint density at radius 3 is 2.42 bits per heavy atom. The van der Waals surface area contributed by atoms with Gasteiger partial charge in [-0.05, 0) is 25.6 Å². The Labute approximate surface area is 155 Å². The number of hydrogen-bond acceptors (Lipinski definition) is 10. The van der Waals surface area contributed by atoms with Gasteiger partial charge in [0.1, 0.15) is 29.8 Å². The second-order valence-corrected chi connectivity index (χ2v) is 7.38. The molecule has 0 aromatic heterocycles. The molecule has 0 aliphatic carbocycles. The molecule has 26 heavy (non-hydrogen) atoms. The number of hydrogen-bond donors (Lipinski definition) is 2. The van der Waals surface area contributed by atoms with E-state index in [1.165, 1.54) is 21.3 Å². The van der Waals surface area contributed by atoms with Crippen molar-refractivity contribution in [1.82, 2.24) is 5.32 Å². The largest absolute Gasteiger partial charge is 0.414 e. The van der Waals surface area contributed by atoms with Gasteiger partial charge in [0.05, 0.1) is 6.61 Å². The van der Waals surface area contributed by atoms with Crippen molar-refractivity contribution in [3.8, 4) is 0 Å². The van der Waals surface area contributed by atoms with Crippen molar-refractivity contribution in [3.05, 3.63) is 0 Å². The molecule has 10 nitrogen and oxygen atoms in total. The predicted molar refractivity (Wildman–Crippen MR) is 90.7 cm³/mol. The van der Waals surface area contributed by atoms with Crippen LogP contribution in [-0.4, -0.2) is 85.7 Å². The molecule has 2 fully saturated rings. The fourth-order valence-corrected chi connectivity index (χ4v) is 4.24. The lowest BCUT2D eigenvalue weighted by Gasteiger charge is -2.56. The van der Waals surface area contributed by atoms with E-state index in [-0.39, 0.29) is 11.8 Å². The van der Waals surface area contributed by atoms with Gasteiger partial charge in [0.25, 0.3) is 5.23 Å². The molecule has 1 amide bonds. The van der Waals surface area contributed by atoms with E-state index in [4.69, 9.17) is 28.4 Å². The lowest BCUT2D eigenvalue weighted by Crippen LogP contribution is -2.72. The summed E-state index contributed by atoms with van der Waals surface area (Å²) in [7, 11) is 4.44. The Hall–Kier alpha value is -0.950. The van der Waals surface area contributed by atoms with Gasteiger partial charge in [-0.1, -0.05) is 0 Å². The van der Waals surface area contributed by atoms with Crippen LogP contribution in [0.1, 0.15) is 13.8 Å². The molecule has 3 rings (SSSR count). The van der Waals surface area contributed by atoms with Gasteiger partial charge < -0.3 is 38.8 Å². The van der Waals surface area contributed by atoms with E-state index in [0.29, 0.717) is 0 Å². The number of fused-ring (bicyclic) bond motifs is 3. The zero-order valence-electron chi connectivity index (χ0n) is 15.3. The second kappa shape index (κ2) is 7.23. The van der Waals surface area contributed by atoms with Crippen molar-refractivity contribution < 1.29 is 38.3 Å². The third kappa shape index (κ3) is 3.11. The molecule has 0 radical (unpaired) electrons. The smallest absolute Gasteiger partial charge is 0.394 e. The minimum Gasteiger partial charge on any atom is -0.394 e. The van der Waals surface area contributed by atoms with Crippen LogP contribution in [0.5, 0.6) is 0 Å². The number of methoxy groups -OCH3 is 2. The SMILES string of the molecule is CNC(=O)OC1=N[C@@H]2[C@H]3O[C@](C)(OC)[C@@](C)(OC)O[C@@H]3[C@@H](CO)O[C@@H]2S1. The van der Waals surface area contributed by atoms with Crippen LogP contribution in [0.2, 0.25) is 0 Å². The number of rotatable bonds is 3. The van der Waals surface area contributed by atoms with E-state index in [1.807, 2.05) is 0 Å². The maximum Gasteiger partial charge on any atom is 0.414 e. The van der Waals surface area contributed by atoms with E-state index in [9.17, 15) is 9.90 Å². The van der Waals surface area contributed by atoms with E-state index < -0.39 is 47.5 Å². The zero-order chi connectivity index (χ0) is 19.1. The normalized spacial score (nSPS) is 44.7. The fourth-order valence-electron chi connectivity index (χ4n) is 3.18. The molecule has 0 unspecified atom stereocenters. The summed E-state index contributed by atoms with van der Waals surface area (Å²) >= 11 is 1.15. The first-order valence-electron chi connectivity index (χ1n) is 8.17. The summed E-state index contributed by atoms with van der Waals surface area (Å²) in [5.41, 5.74) is -0.482. The van der Waals surface area contributed by atoms with E-state index >= 15 is 0 Å². The van der Waals surface area contributed by atoms with Gasteiger partial charge >= 0.3 is 6.09 Å². The Bertz CT molecular complexity index is 592. The molecule has 3 aliphatic rings. The highest BCUT2D eigenvalue weighted by atomic mass is 32.2. The van der Waals surface area contributed by atoms with Gasteiger partial charge in [-0.25, -0.2) is 9.79 Å². The molecular formula is C15H24N2O8S. The van der Waals surface area contributed by atoms with Crippen LogP contribution >= 0.6 is 11.8 Å². The molecule has 2 N–H and O–H groups in total. The average molecular weight is 392 g/mol. The number of aliphatic hydroxyl groups excluding tert-OH is 1. The number of thioether (sulfide) groups is 1. The molecule has 3 aliphatic heterocycles. The van der Waals surface area contributed by atoms with Crippen LogP contribution in [0.3, 0.4) is 0 Å². The summed E-state index contributed by atoms with van der Waals surface area (Å²) in [5.74, 6) is -2.43. The van der Waals surface area contributed by atoms with Crippen LogP contribution in [0.4, 0.5) is 4.79 Å². The van der Waals surface area contributed by atoms with Crippen molar-refractivity contribution in [2.24, 2.45) is 4.99 Å². The number of carbonyl (C=O) groups is 1. The summed E-state index contributed by atoms with van der Waals surface area (Å²) in [5, 5.41) is 12.3. The third-order valence-corrected chi connectivity index (χ3v) is 5.99. The van der Waals surface area contributed by atoms with Crippen molar-refractivity contribution in [1.29, 1.82) is 0 Å². The first-order valence-corrected chi connectivity index (χ1v) is 9.05. The fraction of sp³-hybridized carbons (Fsp3) is 0.867. The third-order valence-electron chi connectivity index (χ3n) is 4.98. The first kappa shape index (κ1) is 19.8. The Kier molecular flexibility index (Phi) is 5.50. The molecule has 3 heterocycles. The van der Waals surface area contributed by atoms with Gasteiger partial charge in [0.2, 0.25) is 11.6 Å². The average Bonchev–Trinajstić information content (AvgIpc) is 3.04. The summed E-state index contributed by atoms with van der Waals surface area (Å²) in [6, 6.07) is -0.497. The molecular weight excluding hydrogens is 368 g/mol. The summed E-state index contributed by atoms with van der Waals surface area (Å²) in [6.07, 6.45) is -2.51. The van der Waals surface area contributed by atoms with Crippen LogP contribution in [0.25, 0.3) is 0 Å². The molecule has 0 saturated carbocycles. The molecule has 148 valence electrons. The maximum atomic E-state index is 11.4. The van der Waals surface area contributed by atoms with Crippen LogP contribution in [0.15, 0.2) is 4.99 Å². The minimum absolute atomic E-state index is 0.166. The first-order chi connectivity index (χ1) is 12.3. The van der Waals surface area contributed by atoms with Gasteiger partial charge in [0.15, 0.2) is 0 Å². The topological polar surface area (TPSA) is 117 Å². The van der Waals surface area contributed by atoms with E-state index in [1.54, 1.807) is 13.8 Å². The van der Waals surface area contributed by atoms with Crippen LogP contribution in [0, 0.1) is 0 Å². The summed E-state index contributed by atoms with van der Waals surface area (Å²) in [6.45, 7) is 3.13. The highest BCUT2D eigenvalue weighted by molar-refractivity contribution is 8.14. The molecule has 2 saturated heterocycles. The van der Waals surface area contributed by atoms with Crippen molar-refractivity contribution in [2.45, 2.75) is 55.2 Å². The summed E-state index contributed by atoms with van der Waals surface area (Å²) < 4.78 is 34.4. The maximum absolute atomic E-state index is 11.4. The number of amides is 1. The van der Waals surface area contributed by atoms with Gasteiger partial charge in [-0.3, -0.25) is 0 Å². The molecule has 0 aromatic rings. The zero-order valence-corrected chi connectivity index (χ0v) is 16.1. The number of carbonyl (C=O) groups excluding carboxylic acids is 1. The number of ether oxygens (including phenoxy) is 6. The highest BCUT2D eigenvalue weighted by Crippen LogP contribution is 2.47. The highest BCUT2D eigenvalue weighted by Gasteiger charge is 2.63. The lowest BCUT2D eigenvalue weighted by atomic mass is 9.93. The van der Waals surface area contributed by atoms with Gasteiger partial charge in [0, 0.05) is 21.3 Å². The minimum atomic E-state index is -1.22. The van der Waals surface area contributed by atoms with E-state index in [2.05, 4.69) is 10.3 Å². The van der Waals surface area contributed by atoms with E-state index in [0.717, 1.165) is 11.8 Å². The number of aliphatic imine (C=N–C) groups is 1. The Morgan fingerprint density at radius 2 is 1.88 bits per heavy atom. The Morgan fingerprint density at radius 1 is 1.27 bits per heavy atom. The van der Waals surface area contributed by atoms with Gasteiger partial charge in [-0.15, -0.1) is 0 Å². The molecule has 0 bridgehead atoms. The number of alkyl carbamates (subject to hydrolysis) is 1. The lowest BCUT2D eigenvalue weighted by molar-refractivity contribution is -0.463. The number of aliphatic hydroxyl groups is 1. The van der Waals surface area contributed by atoms with Crippen LogP contribution < -0.4 is 5.32 Å². The molecule has 0 spiro atoms. The molecule has 7 atom stereocenters. The number of nitrogens with one attached hydrogen (secondary N) is 1. The van der Waals surface area contributed by atoms with Crippen molar-refractivity contribution in [3.63, 3.8) is 0 Å². The van der Waals surface area contributed by atoms with Crippen molar-refractivity contribution in [2.75, 3.05) is 27.9 Å². The monoisotopic (exact) mass is 392 g/mol. The van der Waals surface area contributed by atoms with Crippen molar-refractivity contribution >= 4 is 23.1 Å². The molecule has 0 aromatic carbocycles. The predicted octanol–water partition coefficient (Wildman–Crippen LogP) is 0.0402. The molecule has 11 heteroatoms. The summed E-state index contributed by atoms with van der Waals surface area (Å²) in [4.78, 5) is 15.9. The number of nitrogens with zero attached hydrogens (tertiary/aromatic N) is 1. The van der Waals surface area contributed by atoms with Gasteiger partial charge in [-0.2, -0.15) is 0 Å². The quantitative estimate of drug-likeness (QED) is 0.686.